The molecule has 1 N–H and O–H groups in total. The van der Waals surface area contributed by atoms with E-state index in [1.807, 2.05) is 0 Å². The van der Waals surface area contributed by atoms with Gasteiger partial charge in [0.25, 0.3) is 0 Å². The predicted molar refractivity (Wildman–Crippen MR) is 94.0 cm³/mol. The van der Waals surface area contributed by atoms with Crippen molar-refractivity contribution < 1.29 is 5.11 Å². The first-order valence-electron chi connectivity index (χ1n) is 6.78. The highest BCUT2D eigenvalue weighted by Crippen LogP contribution is 2.32. The number of aryl methyl sites for hydroxylation is 1. The molecular formula is C17H16BrIO. The summed E-state index contributed by atoms with van der Waals surface area (Å²) in [6, 6.07) is 14.8. The monoisotopic (exact) mass is 442 g/mol. The topological polar surface area (TPSA) is 20.2 Å². The highest BCUT2D eigenvalue weighted by Gasteiger charge is 2.32. The number of hydrogen-bond donors (Lipinski definition) is 1. The van der Waals surface area contributed by atoms with Crippen molar-refractivity contribution in [3.63, 3.8) is 0 Å². The molecule has 0 radical (unpaired) electrons. The number of rotatable bonds is 2. The zero-order chi connectivity index (χ0) is 14.2. The summed E-state index contributed by atoms with van der Waals surface area (Å²) in [5, 5.41) is 10.9. The first-order chi connectivity index (χ1) is 9.54. The van der Waals surface area contributed by atoms with Crippen LogP contribution in [-0.4, -0.2) is 10.7 Å². The van der Waals surface area contributed by atoms with Gasteiger partial charge < -0.3 is 5.11 Å². The third kappa shape index (κ3) is 3.26. The molecule has 0 aliphatic heterocycles. The zero-order valence-corrected chi connectivity index (χ0v) is 14.8. The second-order valence-electron chi connectivity index (χ2n) is 5.62. The summed E-state index contributed by atoms with van der Waals surface area (Å²) in [6.45, 7) is 0. The Hall–Kier alpha value is -0.390. The molecule has 2 aromatic rings. The molecule has 0 spiro atoms. The third-order valence-corrected chi connectivity index (χ3v) is 5.21. The molecule has 104 valence electrons. The summed E-state index contributed by atoms with van der Waals surface area (Å²) in [5.41, 5.74) is 3.26. The van der Waals surface area contributed by atoms with Crippen molar-refractivity contribution in [2.75, 3.05) is 0 Å². The second kappa shape index (κ2) is 5.78. The lowest BCUT2D eigenvalue weighted by atomic mass is 9.77. The average Bonchev–Trinajstić information content (AvgIpc) is 2.42. The number of aliphatic hydroxyl groups is 1. The molecular weight excluding hydrogens is 427 g/mol. The van der Waals surface area contributed by atoms with Gasteiger partial charge in [0, 0.05) is 20.9 Å². The minimum absolute atomic E-state index is 0.604. The van der Waals surface area contributed by atoms with E-state index in [9.17, 15) is 5.11 Å². The summed E-state index contributed by atoms with van der Waals surface area (Å²) in [7, 11) is 0. The highest BCUT2D eigenvalue weighted by atomic mass is 127. The first-order valence-corrected chi connectivity index (χ1v) is 8.65. The molecule has 0 saturated heterocycles. The van der Waals surface area contributed by atoms with E-state index < -0.39 is 5.60 Å². The van der Waals surface area contributed by atoms with Gasteiger partial charge in [-0.2, -0.15) is 0 Å². The molecule has 0 saturated carbocycles. The minimum atomic E-state index is -0.604. The molecule has 1 atom stereocenters. The van der Waals surface area contributed by atoms with E-state index in [2.05, 4.69) is 81.0 Å². The van der Waals surface area contributed by atoms with Crippen LogP contribution in [0.25, 0.3) is 0 Å². The van der Waals surface area contributed by atoms with Crippen LogP contribution in [0.5, 0.6) is 0 Å². The van der Waals surface area contributed by atoms with E-state index >= 15 is 0 Å². The van der Waals surface area contributed by atoms with Crippen molar-refractivity contribution in [1.82, 2.24) is 0 Å². The number of halogens is 2. The molecule has 1 unspecified atom stereocenters. The van der Waals surface area contributed by atoms with Crippen molar-refractivity contribution in [1.29, 1.82) is 0 Å². The summed E-state index contributed by atoms with van der Waals surface area (Å²) in [4.78, 5) is 0. The van der Waals surface area contributed by atoms with Crippen molar-refractivity contribution in [2.45, 2.75) is 31.3 Å². The minimum Gasteiger partial charge on any atom is -0.389 e. The lowest BCUT2D eigenvalue weighted by Gasteiger charge is -2.34. The quantitative estimate of drug-likeness (QED) is 0.678. The molecule has 20 heavy (non-hydrogen) atoms. The van der Waals surface area contributed by atoms with Gasteiger partial charge in [-0.05, 0) is 76.4 Å². The van der Waals surface area contributed by atoms with E-state index in [0.717, 1.165) is 30.2 Å². The fraction of sp³-hybridized carbons (Fsp3) is 0.294. The lowest BCUT2D eigenvalue weighted by Crippen LogP contribution is -2.38. The summed E-state index contributed by atoms with van der Waals surface area (Å²) in [5.74, 6) is 0. The Kier molecular flexibility index (Phi) is 4.20. The Morgan fingerprint density at radius 1 is 1.10 bits per heavy atom. The van der Waals surface area contributed by atoms with Crippen LogP contribution in [-0.2, 0) is 19.3 Å². The Morgan fingerprint density at radius 3 is 2.60 bits per heavy atom. The largest absolute Gasteiger partial charge is 0.389 e. The first kappa shape index (κ1) is 14.5. The van der Waals surface area contributed by atoms with Gasteiger partial charge in [-0.3, -0.25) is 0 Å². The molecule has 1 aliphatic carbocycles. The Morgan fingerprint density at radius 2 is 1.85 bits per heavy atom. The molecule has 0 aromatic heterocycles. The van der Waals surface area contributed by atoms with Gasteiger partial charge in [0.1, 0.15) is 0 Å². The van der Waals surface area contributed by atoms with Gasteiger partial charge in [-0.15, -0.1) is 0 Å². The van der Waals surface area contributed by atoms with Gasteiger partial charge in [0.05, 0.1) is 5.60 Å². The number of fused-ring (bicyclic) bond motifs is 1. The Balaban J connectivity index is 1.80. The van der Waals surface area contributed by atoms with Crippen LogP contribution in [0, 0.1) is 3.57 Å². The third-order valence-electron chi connectivity index (χ3n) is 3.99. The van der Waals surface area contributed by atoms with Crippen LogP contribution < -0.4 is 0 Å². The molecule has 0 bridgehead atoms. The summed E-state index contributed by atoms with van der Waals surface area (Å²) < 4.78 is 2.36. The van der Waals surface area contributed by atoms with Crippen molar-refractivity contribution in [3.8, 4) is 0 Å². The normalized spacial score (nSPS) is 21.6. The van der Waals surface area contributed by atoms with Crippen LogP contribution in [0.1, 0.15) is 23.1 Å². The maximum absolute atomic E-state index is 10.9. The molecule has 1 aliphatic rings. The molecule has 2 aromatic carbocycles. The number of benzene rings is 2. The van der Waals surface area contributed by atoms with Crippen LogP contribution in [0.4, 0.5) is 0 Å². The van der Waals surface area contributed by atoms with Crippen molar-refractivity contribution in [2.24, 2.45) is 0 Å². The lowest BCUT2D eigenvalue weighted by molar-refractivity contribution is 0.0267. The fourth-order valence-electron chi connectivity index (χ4n) is 2.94. The zero-order valence-electron chi connectivity index (χ0n) is 11.1. The van der Waals surface area contributed by atoms with E-state index in [-0.39, 0.29) is 0 Å². The maximum atomic E-state index is 10.9. The predicted octanol–water partition coefficient (Wildman–Crippen LogP) is 4.52. The van der Waals surface area contributed by atoms with Crippen LogP contribution in [0.3, 0.4) is 0 Å². The smallest absolute Gasteiger partial charge is 0.0731 e. The van der Waals surface area contributed by atoms with Gasteiger partial charge in [0.2, 0.25) is 0 Å². The standard InChI is InChI=1S/C17H16BrIO/c18-15-4-3-14-11-17(20,8-7-13(14)9-15)10-12-1-5-16(19)6-2-12/h1-6,9,20H,7-8,10-11H2. The molecule has 0 heterocycles. The van der Waals surface area contributed by atoms with Gasteiger partial charge in [-0.25, -0.2) is 0 Å². The van der Waals surface area contributed by atoms with Gasteiger partial charge in [0.15, 0.2) is 0 Å². The van der Waals surface area contributed by atoms with Crippen molar-refractivity contribution >= 4 is 38.5 Å². The molecule has 1 nitrogen and oxygen atoms in total. The van der Waals surface area contributed by atoms with Crippen LogP contribution in [0.15, 0.2) is 46.9 Å². The van der Waals surface area contributed by atoms with E-state index in [1.54, 1.807) is 0 Å². The second-order valence-corrected chi connectivity index (χ2v) is 7.78. The number of hydrogen-bond acceptors (Lipinski definition) is 1. The van der Waals surface area contributed by atoms with Crippen LogP contribution >= 0.6 is 38.5 Å². The molecule has 3 heteroatoms. The summed E-state index contributed by atoms with van der Waals surface area (Å²) in [6.07, 6.45) is 3.28. The average molecular weight is 443 g/mol. The fourth-order valence-corrected chi connectivity index (χ4v) is 3.71. The van der Waals surface area contributed by atoms with Crippen LogP contribution in [0.2, 0.25) is 0 Å². The highest BCUT2D eigenvalue weighted by molar-refractivity contribution is 14.1. The molecule has 0 fully saturated rings. The summed E-state index contributed by atoms with van der Waals surface area (Å²) >= 11 is 5.82. The van der Waals surface area contributed by atoms with Crippen molar-refractivity contribution in [3.05, 3.63) is 67.2 Å². The Labute approximate surface area is 141 Å². The van der Waals surface area contributed by atoms with Gasteiger partial charge >= 0.3 is 0 Å². The molecule has 3 rings (SSSR count). The van der Waals surface area contributed by atoms with E-state index in [1.165, 1.54) is 20.3 Å². The maximum Gasteiger partial charge on any atom is 0.0731 e. The van der Waals surface area contributed by atoms with Gasteiger partial charge in [-0.1, -0.05) is 34.1 Å². The SMILES string of the molecule is OC1(Cc2ccc(I)cc2)CCc2cc(Br)ccc2C1. The molecule has 0 amide bonds. The Bertz CT molecular complexity index is 623. The van der Waals surface area contributed by atoms with E-state index in [4.69, 9.17) is 0 Å². The van der Waals surface area contributed by atoms with E-state index in [0.29, 0.717) is 0 Å².